The van der Waals surface area contributed by atoms with Crippen molar-refractivity contribution in [3.8, 4) is 5.88 Å². The molecular formula is C13H20BrN3O. The zero-order valence-electron chi connectivity index (χ0n) is 11.2. The molecule has 18 heavy (non-hydrogen) atoms. The van der Waals surface area contributed by atoms with E-state index >= 15 is 0 Å². The lowest BCUT2D eigenvalue weighted by Gasteiger charge is -2.34. The van der Waals surface area contributed by atoms with Crippen LogP contribution >= 0.6 is 15.9 Å². The molecule has 2 rings (SSSR count). The Morgan fingerprint density at radius 3 is 2.67 bits per heavy atom. The molecule has 1 heterocycles. The number of hydrogen-bond acceptors (Lipinski definition) is 4. The van der Waals surface area contributed by atoms with Gasteiger partial charge in [0.15, 0.2) is 0 Å². The van der Waals surface area contributed by atoms with Gasteiger partial charge in [-0.25, -0.2) is 4.98 Å². The van der Waals surface area contributed by atoms with Crippen LogP contribution in [0.2, 0.25) is 0 Å². The summed E-state index contributed by atoms with van der Waals surface area (Å²) in [6.45, 7) is 4.64. The van der Waals surface area contributed by atoms with Gasteiger partial charge in [0.25, 0.3) is 0 Å². The molecule has 0 aliphatic heterocycles. The number of aromatic nitrogens is 2. The summed E-state index contributed by atoms with van der Waals surface area (Å²) >= 11 is 3.43. The van der Waals surface area contributed by atoms with Crippen LogP contribution in [0.4, 0.5) is 5.95 Å². The van der Waals surface area contributed by atoms with Crippen LogP contribution in [0.1, 0.15) is 39.5 Å². The minimum absolute atomic E-state index is 0.272. The van der Waals surface area contributed by atoms with Gasteiger partial charge in [-0.15, -0.1) is 0 Å². The van der Waals surface area contributed by atoms with Crippen molar-refractivity contribution in [2.24, 2.45) is 5.41 Å². The minimum atomic E-state index is 0.272. The fraction of sp³-hybridized carbons (Fsp3) is 0.692. The van der Waals surface area contributed by atoms with Gasteiger partial charge >= 0.3 is 0 Å². The van der Waals surface area contributed by atoms with Gasteiger partial charge in [0.1, 0.15) is 6.10 Å². The van der Waals surface area contributed by atoms with Crippen molar-refractivity contribution in [1.82, 2.24) is 9.97 Å². The van der Waals surface area contributed by atoms with Crippen molar-refractivity contribution >= 4 is 21.9 Å². The van der Waals surface area contributed by atoms with E-state index in [0.29, 0.717) is 17.2 Å². The second kappa shape index (κ2) is 5.43. The molecule has 1 N–H and O–H groups in total. The first-order valence-corrected chi connectivity index (χ1v) is 7.16. The lowest BCUT2D eigenvalue weighted by Crippen LogP contribution is -2.28. The average Bonchev–Trinajstić information content (AvgIpc) is 2.34. The first-order valence-electron chi connectivity index (χ1n) is 6.37. The molecule has 0 amide bonds. The highest BCUT2D eigenvalue weighted by atomic mass is 79.9. The second-order valence-electron chi connectivity index (χ2n) is 5.58. The molecule has 0 radical (unpaired) electrons. The van der Waals surface area contributed by atoms with Crippen molar-refractivity contribution in [2.75, 3.05) is 12.4 Å². The summed E-state index contributed by atoms with van der Waals surface area (Å²) in [5.74, 6) is 1.23. The molecule has 0 saturated heterocycles. The zero-order valence-corrected chi connectivity index (χ0v) is 12.7. The number of anilines is 1. The molecule has 1 aliphatic carbocycles. The number of nitrogens with zero attached hydrogens (tertiary/aromatic N) is 2. The summed E-state index contributed by atoms with van der Waals surface area (Å²) in [5.41, 5.74) is 0.457. The topological polar surface area (TPSA) is 47.0 Å². The summed E-state index contributed by atoms with van der Waals surface area (Å²) in [6.07, 6.45) is 6.60. The van der Waals surface area contributed by atoms with Crippen LogP contribution < -0.4 is 10.1 Å². The van der Waals surface area contributed by atoms with E-state index in [1.54, 1.807) is 13.2 Å². The monoisotopic (exact) mass is 313 g/mol. The first-order chi connectivity index (χ1) is 8.50. The molecule has 1 aliphatic rings. The van der Waals surface area contributed by atoms with Crippen LogP contribution in [-0.4, -0.2) is 23.1 Å². The van der Waals surface area contributed by atoms with Gasteiger partial charge in [-0.05, 0) is 47.0 Å². The summed E-state index contributed by atoms with van der Waals surface area (Å²) in [7, 11) is 1.80. The average molecular weight is 314 g/mol. The van der Waals surface area contributed by atoms with Crippen LogP contribution in [-0.2, 0) is 0 Å². The van der Waals surface area contributed by atoms with Crippen molar-refractivity contribution in [1.29, 1.82) is 0 Å². The van der Waals surface area contributed by atoms with Gasteiger partial charge in [-0.2, -0.15) is 4.98 Å². The Morgan fingerprint density at radius 1 is 1.39 bits per heavy atom. The molecular weight excluding hydrogens is 294 g/mol. The molecule has 1 aromatic heterocycles. The van der Waals surface area contributed by atoms with Crippen LogP contribution in [0.5, 0.6) is 5.88 Å². The van der Waals surface area contributed by atoms with Crippen LogP contribution in [0, 0.1) is 5.41 Å². The normalized spacial score (nSPS) is 19.6. The highest BCUT2D eigenvalue weighted by molar-refractivity contribution is 9.10. The molecule has 4 nitrogen and oxygen atoms in total. The van der Waals surface area contributed by atoms with Crippen molar-refractivity contribution < 1.29 is 4.74 Å². The fourth-order valence-electron chi connectivity index (χ4n) is 2.20. The number of halogens is 1. The second-order valence-corrected chi connectivity index (χ2v) is 6.43. The highest BCUT2D eigenvalue weighted by Crippen LogP contribution is 2.37. The summed E-state index contributed by atoms with van der Waals surface area (Å²) < 4.78 is 6.80. The van der Waals surface area contributed by atoms with Gasteiger partial charge in [-0.3, -0.25) is 0 Å². The SMILES string of the molecule is CNc1ncc(Br)c(OC2CCC(C)(C)CC2)n1. The zero-order chi connectivity index (χ0) is 13.2. The molecule has 100 valence electrons. The van der Waals surface area contributed by atoms with Gasteiger partial charge in [0.2, 0.25) is 11.8 Å². The van der Waals surface area contributed by atoms with Gasteiger partial charge in [0, 0.05) is 7.05 Å². The first kappa shape index (κ1) is 13.6. The van der Waals surface area contributed by atoms with E-state index in [0.717, 1.165) is 17.3 Å². The van der Waals surface area contributed by atoms with E-state index < -0.39 is 0 Å². The third-order valence-corrected chi connectivity index (χ3v) is 4.04. The predicted octanol–water partition coefficient (Wildman–Crippen LogP) is 3.63. The number of hydrogen-bond donors (Lipinski definition) is 1. The van der Waals surface area contributed by atoms with E-state index in [1.807, 2.05) is 0 Å². The standard InChI is InChI=1S/C13H20BrN3O/c1-13(2)6-4-9(5-7-13)18-11-10(14)8-16-12(15-3)17-11/h8-9H,4-7H2,1-3H3,(H,15,16,17). The molecule has 0 atom stereocenters. The number of nitrogens with one attached hydrogen (secondary N) is 1. The Hall–Kier alpha value is -0.840. The largest absolute Gasteiger partial charge is 0.473 e. The maximum Gasteiger partial charge on any atom is 0.233 e. The molecule has 5 heteroatoms. The molecule has 0 spiro atoms. The summed E-state index contributed by atoms with van der Waals surface area (Å²) in [4.78, 5) is 8.45. The third-order valence-electron chi connectivity index (χ3n) is 3.50. The van der Waals surface area contributed by atoms with Gasteiger partial charge < -0.3 is 10.1 Å². The lowest BCUT2D eigenvalue weighted by atomic mass is 9.76. The summed E-state index contributed by atoms with van der Waals surface area (Å²) in [6, 6.07) is 0. The van der Waals surface area contributed by atoms with E-state index in [9.17, 15) is 0 Å². The molecule has 1 aromatic rings. The van der Waals surface area contributed by atoms with E-state index in [1.165, 1.54) is 12.8 Å². The Bertz CT molecular complexity index is 413. The van der Waals surface area contributed by atoms with Gasteiger partial charge in [0.05, 0.1) is 10.7 Å². The summed E-state index contributed by atoms with van der Waals surface area (Å²) in [5, 5.41) is 2.92. The van der Waals surface area contributed by atoms with Crippen LogP contribution in [0.15, 0.2) is 10.7 Å². The maximum atomic E-state index is 5.98. The third kappa shape index (κ3) is 3.34. The number of rotatable bonds is 3. The van der Waals surface area contributed by atoms with Gasteiger partial charge in [-0.1, -0.05) is 13.8 Å². The fourth-order valence-corrected chi connectivity index (χ4v) is 2.49. The Morgan fingerprint density at radius 2 is 2.06 bits per heavy atom. The molecule has 0 aromatic carbocycles. The predicted molar refractivity (Wildman–Crippen MR) is 75.9 cm³/mol. The van der Waals surface area contributed by atoms with E-state index in [2.05, 4.69) is 45.1 Å². The highest BCUT2D eigenvalue weighted by Gasteiger charge is 2.28. The molecule has 0 unspecified atom stereocenters. The maximum absolute atomic E-state index is 5.98. The molecule has 0 bridgehead atoms. The van der Waals surface area contributed by atoms with Crippen LogP contribution in [0.25, 0.3) is 0 Å². The van der Waals surface area contributed by atoms with Crippen molar-refractivity contribution in [2.45, 2.75) is 45.6 Å². The Kier molecular flexibility index (Phi) is 4.10. The van der Waals surface area contributed by atoms with Crippen molar-refractivity contribution in [3.63, 3.8) is 0 Å². The molecule has 1 fully saturated rings. The number of ether oxygens (including phenoxy) is 1. The van der Waals surface area contributed by atoms with Crippen LogP contribution in [0.3, 0.4) is 0 Å². The lowest BCUT2D eigenvalue weighted by molar-refractivity contribution is 0.0942. The van der Waals surface area contributed by atoms with E-state index in [-0.39, 0.29) is 6.10 Å². The quantitative estimate of drug-likeness (QED) is 0.925. The Balaban J connectivity index is 2.01. The minimum Gasteiger partial charge on any atom is -0.473 e. The van der Waals surface area contributed by atoms with Crippen molar-refractivity contribution in [3.05, 3.63) is 10.7 Å². The smallest absolute Gasteiger partial charge is 0.233 e. The van der Waals surface area contributed by atoms with E-state index in [4.69, 9.17) is 4.74 Å². The Labute approximate surface area is 117 Å². The molecule has 1 saturated carbocycles.